The molecule has 152 valence electrons. The number of hydrogen-bond acceptors (Lipinski definition) is 5. The lowest BCUT2D eigenvalue weighted by Gasteiger charge is -2.14. The number of aliphatic hydroxyl groups is 1. The topological polar surface area (TPSA) is 126 Å². The summed E-state index contributed by atoms with van der Waals surface area (Å²) in [6, 6.07) is 16.4. The lowest BCUT2D eigenvalue weighted by Crippen LogP contribution is -2.35. The van der Waals surface area contributed by atoms with Gasteiger partial charge in [0.25, 0.3) is 0 Å². The van der Waals surface area contributed by atoms with Gasteiger partial charge in [0.1, 0.15) is 24.3 Å². The van der Waals surface area contributed by atoms with Crippen molar-refractivity contribution in [1.82, 2.24) is 4.72 Å². The van der Waals surface area contributed by atoms with E-state index < -0.39 is 16.1 Å². The maximum atomic E-state index is 12.5. The highest BCUT2D eigenvalue weighted by Gasteiger charge is 2.17. The van der Waals surface area contributed by atoms with Crippen LogP contribution in [-0.2, 0) is 10.0 Å². The van der Waals surface area contributed by atoms with E-state index in [-0.39, 0.29) is 23.9 Å². The molecule has 29 heavy (non-hydrogen) atoms. The highest BCUT2D eigenvalue weighted by Crippen LogP contribution is 2.22. The van der Waals surface area contributed by atoms with E-state index >= 15 is 0 Å². The summed E-state index contributed by atoms with van der Waals surface area (Å²) in [6.07, 6.45) is -1.04. The number of benzene rings is 3. The molecule has 7 nitrogen and oxygen atoms in total. The summed E-state index contributed by atoms with van der Waals surface area (Å²) in [6.45, 7) is -0.301. The number of fused-ring (bicyclic) bond motifs is 1. The van der Waals surface area contributed by atoms with Crippen molar-refractivity contribution in [2.75, 3.05) is 13.2 Å². The van der Waals surface area contributed by atoms with Crippen molar-refractivity contribution in [1.29, 1.82) is 5.41 Å². The third kappa shape index (κ3) is 5.45. The largest absolute Gasteiger partial charge is 0.491 e. The monoisotopic (exact) mass is 433 g/mol. The molecule has 3 rings (SSSR count). The molecule has 3 aromatic rings. The highest BCUT2D eigenvalue weighted by molar-refractivity contribution is 7.89. The minimum Gasteiger partial charge on any atom is -0.491 e. The average molecular weight is 434 g/mol. The zero-order chi connectivity index (χ0) is 21.0. The molecule has 0 fully saturated rings. The number of halogens is 1. The molecule has 0 saturated carbocycles. The van der Waals surface area contributed by atoms with Crippen molar-refractivity contribution in [3.8, 4) is 5.75 Å². The number of ether oxygens (including phenoxy) is 1. The van der Waals surface area contributed by atoms with Crippen LogP contribution >= 0.6 is 11.6 Å². The van der Waals surface area contributed by atoms with Crippen LogP contribution in [0.1, 0.15) is 5.56 Å². The second-order valence-corrected chi connectivity index (χ2v) is 8.61. The summed E-state index contributed by atoms with van der Waals surface area (Å²) in [5.74, 6) is 0.424. The minimum atomic E-state index is -3.79. The van der Waals surface area contributed by atoms with E-state index in [1.54, 1.807) is 54.6 Å². The van der Waals surface area contributed by atoms with Gasteiger partial charge < -0.3 is 15.6 Å². The van der Waals surface area contributed by atoms with E-state index in [0.717, 1.165) is 10.8 Å². The molecule has 0 aliphatic rings. The van der Waals surface area contributed by atoms with Gasteiger partial charge in [-0.2, -0.15) is 0 Å². The number of nitrogens with one attached hydrogen (secondary N) is 2. The molecule has 9 heteroatoms. The van der Waals surface area contributed by atoms with Gasteiger partial charge in [-0.1, -0.05) is 23.7 Å². The van der Waals surface area contributed by atoms with Crippen molar-refractivity contribution in [3.05, 3.63) is 71.2 Å². The van der Waals surface area contributed by atoms with Crippen LogP contribution in [0.3, 0.4) is 0 Å². The average Bonchev–Trinajstić information content (AvgIpc) is 2.70. The van der Waals surface area contributed by atoms with Crippen LogP contribution in [0, 0.1) is 5.41 Å². The van der Waals surface area contributed by atoms with E-state index in [4.69, 9.17) is 27.5 Å². The Kier molecular flexibility index (Phi) is 6.39. The molecule has 0 amide bonds. The standard InChI is InChI=1S/C20H20ClN3O4S/c21-16-5-1-15-10-19(8-4-14(15)9-16)29(26,27)24-11-17(25)12-28-18-6-2-13(3-7-18)20(22)23/h1-10,17,24-25H,11-12H2,(H3,22,23). The molecule has 0 saturated heterocycles. The molecule has 0 spiro atoms. The SMILES string of the molecule is N=C(N)c1ccc(OCC(O)CNS(=O)(=O)c2ccc3cc(Cl)ccc3c2)cc1. The Labute approximate surface area is 173 Å². The zero-order valence-electron chi connectivity index (χ0n) is 15.3. The fourth-order valence-electron chi connectivity index (χ4n) is 2.63. The fraction of sp³-hybridized carbons (Fsp3) is 0.150. The maximum absolute atomic E-state index is 12.5. The Bertz CT molecular complexity index is 1130. The van der Waals surface area contributed by atoms with Gasteiger partial charge in [-0.05, 0) is 59.3 Å². The van der Waals surface area contributed by atoms with E-state index in [9.17, 15) is 13.5 Å². The molecule has 0 bridgehead atoms. The number of hydrogen-bond donors (Lipinski definition) is 4. The third-order valence-electron chi connectivity index (χ3n) is 4.20. The van der Waals surface area contributed by atoms with Gasteiger partial charge in [0.05, 0.1) is 4.90 Å². The second-order valence-electron chi connectivity index (χ2n) is 6.41. The number of rotatable bonds is 8. The maximum Gasteiger partial charge on any atom is 0.240 e. The number of nitrogens with two attached hydrogens (primary N) is 1. The Balaban J connectivity index is 1.58. The molecule has 1 unspecified atom stereocenters. The van der Waals surface area contributed by atoms with E-state index in [1.807, 2.05) is 0 Å². The predicted octanol–water partition coefficient (Wildman–Crippen LogP) is 2.50. The number of sulfonamides is 1. The molecular formula is C20H20ClN3O4S. The molecule has 0 aliphatic carbocycles. The number of amidine groups is 1. The van der Waals surface area contributed by atoms with Gasteiger partial charge in [-0.3, -0.25) is 5.41 Å². The van der Waals surface area contributed by atoms with Crippen molar-refractivity contribution < 1.29 is 18.3 Å². The van der Waals surface area contributed by atoms with Crippen LogP contribution in [0.4, 0.5) is 0 Å². The molecule has 3 aromatic carbocycles. The molecule has 0 aromatic heterocycles. The van der Waals surface area contributed by atoms with Crippen LogP contribution < -0.4 is 15.2 Å². The Morgan fingerprint density at radius 1 is 1.10 bits per heavy atom. The third-order valence-corrected chi connectivity index (χ3v) is 5.86. The fourth-order valence-corrected chi connectivity index (χ4v) is 3.92. The van der Waals surface area contributed by atoms with Gasteiger partial charge >= 0.3 is 0 Å². The first-order chi connectivity index (χ1) is 13.7. The van der Waals surface area contributed by atoms with Crippen molar-refractivity contribution in [3.63, 3.8) is 0 Å². The van der Waals surface area contributed by atoms with Crippen molar-refractivity contribution >= 4 is 38.2 Å². The predicted molar refractivity (Wildman–Crippen MR) is 113 cm³/mol. The second kappa shape index (κ2) is 8.79. The van der Waals surface area contributed by atoms with E-state index in [2.05, 4.69) is 4.72 Å². The molecule has 1 atom stereocenters. The number of aliphatic hydroxyl groups excluding tert-OH is 1. The Hall–Kier alpha value is -2.65. The number of nitrogen functional groups attached to an aromatic ring is 1. The van der Waals surface area contributed by atoms with Gasteiger partial charge in [-0.25, -0.2) is 13.1 Å². The van der Waals surface area contributed by atoms with Crippen molar-refractivity contribution in [2.24, 2.45) is 5.73 Å². The molecule has 0 heterocycles. The smallest absolute Gasteiger partial charge is 0.240 e. The molecule has 0 aliphatic heterocycles. The molecular weight excluding hydrogens is 414 g/mol. The molecule has 5 N–H and O–H groups in total. The van der Waals surface area contributed by atoms with Crippen LogP contribution in [0.5, 0.6) is 5.75 Å². The van der Waals surface area contributed by atoms with E-state index in [0.29, 0.717) is 16.3 Å². The van der Waals surface area contributed by atoms with Gasteiger partial charge in [0, 0.05) is 17.1 Å². The quantitative estimate of drug-likeness (QED) is 0.321. The summed E-state index contributed by atoms with van der Waals surface area (Å²) in [5, 5.41) is 19.5. The Morgan fingerprint density at radius 3 is 2.45 bits per heavy atom. The van der Waals surface area contributed by atoms with Gasteiger partial charge in [-0.15, -0.1) is 0 Å². The summed E-state index contributed by atoms with van der Waals surface area (Å²) in [7, 11) is -3.79. The minimum absolute atomic E-state index is 0.0530. The summed E-state index contributed by atoms with van der Waals surface area (Å²) >= 11 is 5.94. The lowest BCUT2D eigenvalue weighted by atomic mass is 10.1. The summed E-state index contributed by atoms with van der Waals surface area (Å²) < 4.78 is 32.8. The zero-order valence-corrected chi connectivity index (χ0v) is 16.9. The Morgan fingerprint density at radius 2 is 1.76 bits per heavy atom. The van der Waals surface area contributed by atoms with Crippen LogP contribution in [0.15, 0.2) is 65.6 Å². The van der Waals surface area contributed by atoms with Crippen LogP contribution in [0.2, 0.25) is 5.02 Å². The van der Waals surface area contributed by atoms with Crippen LogP contribution in [-0.4, -0.2) is 38.6 Å². The normalized spacial score (nSPS) is 12.6. The summed E-state index contributed by atoms with van der Waals surface area (Å²) in [5.41, 5.74) is 5.94. The lowest BCUT2D eigenvalue weighted by molar-refractivity contribution is 0.111. The highest BCUT2D eigenvalue weighted by atomic mass is 35.5. The van der Waals surface area contributed by atoms with Crippen molar-refractivity contribution in [2.45, 2.75) is 11.0 Å². The first-order valence-corrected chi connectivity index (χ1v) is 10.5. The van der Waals surface area contributed by atoms with Gasteiger partial charge in [0.15, 0.2) is 0 Å². The van der Waals surface area contributed by atoms with Crippen LogP contribution in [0.25, 0.3) is 10.8 Å². The van der Waals surface area contributed by atoms with E-state index in [1.165, 1.54) is 6.07 Å². The first-order valence-electron chi connectivity index (χ1n) is 8.69. The molecule has 0 radical (unpaired) electrons. The summed E-state index contributed by atoms with van der Waals surface area (Å²) in [4.78, 5) is 0.0975. The van der Waals surface area contributed by atoms with Gasteiger partial charge in [0.2, 0.25) is 10.0 Å². The first kappa shape index (κ1) is 21.1.